The van der Waals surface area contributed by atoms with Crippen molar-refractivity contribution in [3.05, 3.63) is 33.2 Å². The van der Waals surface area contributed by atoms with Crippen molar-refractivity contribution in [2.45, 2.75) is 44.9 Å². The molecule has 1 heterocycles. The summed E-state index contributed by atoms with van der Waals surface area (Å²) >= 11 is 0. The lowest BCUT2D eigenvalue weighted by atomic mass is 9.86. The smallest absolute Gasteiger partial charge is 0.319 e. The Morgan fingerprint density at radius 3 is 2.53 bits per heavy atom. The number of aromatic nitrogens is 1. The fourth-order valence-corrected chi connectivity index (χ4v) is 2.40. The molecule has 2 rings (SSSR count). The van der Waals surface area contributed by atoms with E-state index in [0.29, 0.717) is 12.8 Å². The number of nitrogens with zero attached hydrogens (tertiary/aromatic N) is 1. The van der Waals surface area contributed by atoms with Gasteiger partial charge in [-0.25, -0.2) is 8.78 Å². The first-order valence-electron chi connectivity index (χ1n) is 6.40. The van der Waals surface area contributed by atoms with Gasteiger partial charge in [0.05, 0.1) is 0 Å². The Kier molecular flexibility index (Phi) is 2.82. The second-order valence-corrected chi connectivity index (χ2v) is 4.44. The van der Waals surface area contributed by atoms with Crippen molar-refractivity contribution in [3.63, 3.8) is 0 Å². The summed E-state index contributed by atoms with van der Waals surface area (Å²) in [6.45, 7) is -0.645. The summed E-state index contributed by atoms with van der Waals surface area (Å²) in [4.78, 5) is 11.5. The van der Waals surface area contributed by atoms with Crippen LogP contribution < -0.4 is 5.56 Å². The van der Waals surface area contributed by atoms with Crippen LogP contribution >= 0.6 is 0 Å². The molecule has 0 aromatic carbocycles. The molecule has 0 radical (unpaired) electrons. The van der Waals surface area contributed by atoms with E-state index in [2.05, 4.69) is 0 Å². The quantitative estimate of drug-likeness (QED) is 0.772. The Balaban J connectivity index is 2.58. The summed E-state index contributed by atoms with van der Waals surface area (Å²) in [5.74, 6) is -2.59. The van der Waals surface area contributed by atoms with Gasteiger partial charge in [0.15, 0.2) is 11.6 Å². The van der Waals surface area contributed by atoms with Crippen LogP contribution in [0.4, 0.5) is 8.78 Å². The first kappa shape index (κ1) is 10.7. The summed E-state index contributed by atoms with van der Waals surface area (Å²) in [6, 6.07) is 0. The van der Waals surface area contributed by atoms with Gasteiger partial charge >= 0.3 is 5.56 Å². The minimum atomic E-state index is -1.37. The number of hydrogen-bond donors (Lipinski definition) is 1. The van der Waals surface area contributed by atoms with Gasteiger partial charge in [-0.2, -0.15) is 0 Å². The Hall–Kier alpha value is -1.39. The molecule has 1 saturated carbocycles. The first-order valence-corrected chi connectivity index (χ1v) is 5.69. The second-order valence-electron chi connectivity index (χ2n) is 4.44. The van der Waals surface area contributed by atoms with E-state index in [1.807, 2.05) is 0 Å². The normalized spacial score (nSPS) is 18.1. The largest absolute Gasteiger partial charge is 0.425 e. The molecule has 0 unspecified atom stereocenters. The van der Waals surface area contributed by atoms with Gasteiger partial charge in [0.1, 0.15) is 5.69 Å². The minimum absolute atomic E-state index is 0.0831. The van der Waals surface area contributed by atoms with E-state index in [1.165, 1.54) is 0 Å². The Labute approximate surface area is 99.1 Å². The maximum Gasteiger partial charge on any atom is 0.319 e. The first-order chi connectivity index (χ1) is 8.57. The van der Waals surface area contributed by atoms with Crippen LogP contribution in [0.2, 0.25) is 0 Å². The van der Waals surface area contributed by atoms with Crippen molar-refractivity contribution in [1.29, 1.82) is 0 Å². The van der Waals surface area contributed by atoms with Gasteiger partial charge in [-0.05, 0) is 19.7 Å². The molecule has 5 heteroatoms. The standard InChI is InChI=1S/C12H15F2NO2/c1-7-9(13)11(8-5-3-2-4-6-8)15(17)12(16)10(7)14/h8,17H,2-6H2,1H3/i1D. The SMILES string of the molecule is [2H]Cc1c(F)c(C2CCCCC2)n(O)c(=O)c1F. The van der Waals surface area contributed by atoms with Gasteiger partial charge < -0.3 is 5.21 Å². The van der Waals surface area contributed by atoms with Gasteiger partial charge in [0, 0.05) is 12.9 Å². The van der Waals surface area contributed by atoms with E-state index in [-0.39, 0.29) is 16.3 Å². The van der Waals surface area contributed by atoms with E-state index in [0.717, 1.165) is 19.3 Å². The average Bonchev–Trinajstić information content (AvgIpc) is 2.38. The third-order valence-corrected chi connectivity index (χ3v) is 3.35. The van der Waals surface area contributed by atoms with Crippen LogP contribution in [0.1, 0.15) is 50.7 Å². The maximum absolute atomic E-state index is 14.1. The van der Waals surface area contributed by atoms with Crippen molar-refractivity contribution >= 4 is 0 Å². The van der Waals surface area contributed by atoms with Gasteiger partial charge in [0.25, 0.3) is 0 Å². The zero-order valence-electron chi connectivity index (χ0n) is 10.4. The molecular weight excluding hydrogens is 228 g/mol. The molecule has 3 nitrogen and oxygen atoms in total. The lowest BCUT2D eigenvalue weighted by Crippen LogP contribution is -2.29. The van der Waals surface area contributed by atoms with Crippen molar-refractivity contribution in [2.75, 3.05) is 0 Å². The Morgan fingerprint density at radius 2 is 1.94 bits per heavy atom. The van der Waals surface area contributed by atoms with Crippen LogP contribution in [0, 0.1) is 18.5 Å². The van der Waals surface area contributed by atoms with Gasteiger partial charge in [0.2, 0.25) is 0 Å². The van der Waals surface area contributed by atoms with Crippen LogP contribution in [0.3, 0.4) is 0 Å². The van der Waals surface area contributed by atoms with E-state index in [4.69, 9.17) is 1.37 Å². The molecule has 0 amide bonds. The highest BCUT2D eigenvalue weighted by molar-refractivity contribution is 5.23. The van der Waals surface area contributed by atoms with Crippen molar-refractivity contribution in [2.24, 2.45) is 0 Å². The third-order valence-electron chi connectivity index (χ3n) is 3.35. The van der Waals surface area contributed by atoms with Crippen molar-refractivity contribution < 1.29 is 15.4 Å². The number of hydrogen-bond acceptors (Lipinski definition) is 2. The third kappa shape index (κ3) is 1.94. The topological polar surface area (TPSA) is 42.2 Å². The van der Waals surface area contributed by atoms with E-state index in [9.17, 15) is 18.8 Å². The fraction of sp³-hybridized carbons (Fsp3) is 0.583. The fourth-order valence-electron chi connectivity index (χ4n) is 2.40. The molecule has 1 aromatic heterocycles. The lowest BCUT2D eigenvalue weighted by molar-refractivity contribution is 0.145. The molecule has 1 aliphatic rings. The molecule has 0 atom stereocenters. The van der Waals surface area contributed by atoms with Gasteiger partial charge in [-0.3, -0.25) is 4.79 Å². The Morgan fingerprint density at radius 1 is 1.29 bits per heavy atom. The monoisotopic (exact) mass is 244 g/mol. The van der Waals surface area contributed by atoms with Gasteiger partial charge in [-0.1, -0.05) is 19.3 Å². The molecule has 0 saturated heterocycles. The van der Waals surface area contributed by atoms with Gasteiger partial charge in [-0.15, -0.1) is 4.73 Å². The molecule has 1 aromatic rings. The molecular formula is C12H15F2NO2. The minimum Gasteiger partial charge on any atom is -0.425 e. The number of halogens is 2. The molecule has 1 fully saturated rings. The zero-order valence-corrected chi connectivity index (χ0v) is 9.38. The molecule has 0 aliphatic heterocycles. The highest BCUT2D eigenvalue weighted by Crippen LogP contribution is 2.33. The molecule has 1 N–H and O–H groups in total. The summed E-state index contributed by atoms with van der Waals surface area (Å²) < 4.78 is 34.7. The average molecular weight is 244 g/mol. The van der Waals surface area contributed by atoms with Crippen LogP contribution in [-0.4, -0.2) is 9.94 Å². The second kappa shape index (κ2) is 4.47. The van der Waals surface area contributed by atoms with Crippen molar-refractivity contribution in [3.8, 4) is 0 Å². The van der Waals surface area contributed by atoms with Crippen LogP contribution in [-0.2, 0) is 0 Å². The maximum atomic E-state index is 14.1. The number of rotatable bonds is 1. The highest BCUT2D eigenvalue weighted by atomic mass is 19.1. The molecule has 0 bridgehead atoms. The molecule has 94 valence electrons. The van der Waals surface area contributed by atoms with Crippen molar-refractivity contribution in [1.82, 2.24) is 4.73 Å². The summed E-state index contributed by atoms with van der Waals surface area (Å²) in [5.41, 5.74) is -1.98. The molecule has 17 heavy (non-hydrogen) atoms. The summed E-state index contributed by atoms with van der Waals surface area (Å²) in [6.07, 6.45) is 4.16. The molecule has 1 aliphatic carbocycles. The van der Waals surface area contributed by atoms with E-state index < -0.39 is 29.7 Å². The summed E-state index contributed by atoms with van der Waals surface area (Å²) in [5, 5.41) is 9.59. The van der Waals surface area contributed by atoms with Crippen LogP contribution in [0.5, 0.6) is 0 Å². The Bertz CT molecular complexity index is 510. The predicted molar refractivity (Wildman–Crippen MR) is 58.4 cm³/mol. The van der Waals surface area contributed by atoms with E-state index >= 15 is 0 Å². The zero-order chi connectivity index (χ0) is 13.3. The van der Waals surface area contributed by atoms with Crippen LogP contribution in [0.15, 0.2) is 4.79 Å². The highest BCUT2D eigenvalue weighted by Gasteiger charge is 2.27. The summed E-state index contributed by atoms with van der Waals surface area (Å²) in [7, 11) is 0. The van der Waals surface area contributed by atoms with E-state index in [1.54, 1.807) is 0 Å². The number of pyridine rings is 1. The molecule has 0 spiro atoms. The van der Waals surface area contributed by atoms with Crippen LogP contribution in [0.25, 0.3) is 0 Å². The lowest BCUT2D eigenvalue weighted by Gasteiger charge is -2.23. The predicted octanol–water partition coefficient (Wildman–Crippen LogP) is 2.72.